The lowest BCUT2D eigenvalue weighted by molar-refractivity contribution is -0.119. The molecule has 0 fully saturated rings. The molecule has 0 unspecified atom stereocenters. The van der Waals surface area contributed by atoms with Crippen molar-refractivity contribution in [2.45, 2.75) is 0 Å². The van der Waals surface area contributed by atoms with E-state index in [4.69, 9.17) is 4.74 Å². The van der Waals surface area contributed by atoms with Crippen LogP contribution >= 0.6 is 0 Å². The quantitative estimate of drug-likeness (QED) is 0.703. The monoisotopic (exact) mass is 362 g/mol. The molecule has 0 bridgehead atoms. The van der Waals surface area contributed by atoms with Crippen LogP contribution < -0.4 is 10.6 Å². The number of anilines is 2. The minimum Gasteiger partial charge on any atom is -0.375 e. The van der Waals surface area contributed by atoms with Crippen LogP contribution in [0.5, 0.6) is 0 Å². The van der Waals surface area contributed by atoms with E-state index in [-0.39, 0.29) is 18.4 Å². The molecule has 2 aromatic carbocycles. The van der Waals surface area contributed by atoms with Crippen molar-refractivity contribution in [3.63, 3.8) is 0 Å². The summed E-state index contributed by atoms with van der Waals surface area (Å²) >= 11 is 0. The van der Waals surface area contributed by atoms with Gasteiger partial charge in [-0.15, -0.1) is 0 Å². The minimum absolute atomic E-state index is 0.0164. The van der Waals surface area contributed by atoms with Gasteiger partial charge in [0, 0.05) is 36.4 Å². The molecule has 3 aromatic rings. The number of carbonyl (C=O) groups is 2. The number of hydrogen-bond donors (Lipinski definition) is 2. The summed E-state index contributed by atoms with van der Waals surface area (Å²) in [6.07, 6.45) is 2.98. The Labute approximate surface area is 156 Å². The highest BCUT2D eigenvalue weighted by Crippen LogP contribution is 2.16. The second kappa shape index (κ2) is 8.68. The summed E-state index contributed by atoms with van der Waals surface area (Å²) in [4.78, 5) is 32.3. The second-order valence-electron chi connectivity index (χ2n) is 5.67. The van der Waals surface area contributed by atoms with E-state index < -0.39 is 0 Å². The van der Waals surface area contributed by atoms with Crippen LogP contribution in [0.2, 0.25) is 0 Å². The zero-order valence-corrected chi connectivity index (χ0v) is 14.7. The number of methoxy groups -OCH3 is 1. The Morgan fingerprint density at radius 2 is 1.48 bits per heavy atom. The molecule has 0 spiro atoms. The number of amides is 2. The lowest BCUT2D eigenvalue weighted by Gasteiger charge is -2.08. The molecular formula is C20H18N4O3. The summed E-state index contributed by atoms with van der Waals surface area (Å²) in [5.41, 5.74) is 2.45. The third-order valence-electron chi connectivity index (χ3n) is 3.65. The zero-order chi connectivity index (χ0) is 19.1. The molecule has 2 N–H and O–H groups in total. The molecule has 7 heteroatoms. The smallest absolute Gasteiger partial charge is 0.258 e. The molecule has 0 saturated heterocycles. The van der Waals surface area contributed by atoms with Crippen LogP contribution in [-0.4, -0.2) is 35.5 Å². The van der Waals surface area contributed by atoms with Crippen LogP contribution in [0.4, 0.5) is 11.4 Å². The van der Waals surface area contributed by atoms with E-state index in [0.29, 0.717) is 22.8 Å². The molecule has 0 aliphatic heterocycles. The topological polar surface area (TPSA) is 93.2 Å². The third kappa shape index (κ3) is 4.96. The van der Waals surface area contributed by atoms with Gasteiger partial charge in [-0.2, -0.15) is 0 Å². The van der Waals surface area contributed by atoms with Crippen molar-refractivity contribution in [3.8, 4) is 11.4 Å². The van der Waals surface area contributed by atoms with Crippen LogP contribution in [0.3, 0.4) is 0 Å². The summed E-state index contributed by atoms with van der Waals surface area (Å²) < 4.78 is 4.76. The summed E-state index contributed by atoms with van der Waals surface area (Å²) in [6.45, 7) is -0.0164. The Bertz CT molecular complexity index is 910. The number of hydrogen-bond acceptors (Lipinski definition) is 5. The number of ether oxygens (including phenoxy) is 1. The van der Waals surface area contributed by atoms with Crippen LogP contribution in [0, 0.1) is 0 Å². The van der Waals surface area contributed by atoms with E-state index in [1.54, 1.807) is 24.3 Å². The number of nitrogens with one attached hydrogen (secondary N) is 2. The fourth-order valence-electron chi connectivity index (χ4n) is 2.35. The van der Waals surface area contributed by atoms with Gasteiger partial charge in [-0.1, -0.05) is 30.3 Å². The van der Waals surface area contributed by atoms with Gasteiger partial charge < -0.3 is 15.4 Å². The van der Waals surface area contributed by atoms with Gasteiger partial charge >= 0.3 is 0 Å². The van der Waals surface area contributed by atoms with Crippen molar-refractivity contribution >= 4 is 23.2 Å². The standard InChI is InChI=1S/C20H18N4O3/c1-27-13-18(25)23-16-7-9-17(10-8-16)24-20(26)15-11-21-19(22-12-15)14-5-3-2-4-6-14/h2-12H,13H2,1H3,(H,23,25)(H,24,26). The van der Waals surface area contributed by atoms with Gasteiger partial charge in [0.2, 0.25) is 5.91 Å². The van der Waals surface area contributed by atoms with Gasteiger partial charge in [0.15, 0.2) is 5.82 Å². The number of aromatic nitrogens is 2. The van der Waals surface area contributed by atoms with E-state index in [2.05, 4.69) is 20.6 Å². The average molecular weight is 362 g/mol. The molecule has 0 atom stereocenters. The third-order valence-corrected chi connectivity index (χ3v) is 3.65. The zero-order valence-electron chi connectivity index (χ0n) is 14.7. The Hall–Kier alpha value is -3.58. The first-order valence-corrected chi connectivity index (χ1v) is 8.23. The first-order valence-electron chi connectivity index (χ1n) is 8.23. The highest BCUT2D eigenvalue weighted by molar-refractivity contribution is 6.04. The maximum Gasteiger partial charge on any atom is 0.258 e. The van der Waals surface area contributed by atoms with Gasteiger partial charge in [-0.05, 0) is 24.3 Å². The predicted octanol–water partition coefficient (Wildman–Crippen LogP) is 2.98. The Morgan fingerprint density at radius 3 is 2.07 bits per heavy atom. The van der Waals surface area contributed by atoms with Crippen LogP contribution in [0.25, 0.3) is 11.4 Å². The fourth-order valence-corrected chi connectivity index (χ4v) is 2.35. The summed E-state index contributed by atoms with van der Waals surface area (Å²) in [5.74, 6) is -0.000904. The van der Waals surface area contributed by atoms with E-state index in [1.165, 1.54) is 19.5 Å². The summed E-state index contributed by atoms with van der Waals surface area (Å²) in [7, 11) is 1.45. The van der Waals surface area contributed by atoms with Gasteiger partial charge in [0.25, 0.3) is 5.91 Å². The number of benzene rings is 2. The number of nitrogens with zero attached hydrogens (tertiary/aromatic N) is 2. The second-order valence-corrected chi connectivity index (χ2v) is 5.67. The van der Waals surface area contributed by atoms with Crippen molar-refractivity contribution in [3.05, 3.63) is 72.6 Å². The SMILES string of the molecule is COCC(=O)Nc1ccc(NC(=O)c2cnc(-c3ccccc3)nc2)cc1. The van der Waals surface area contributed by atoms with Crippen molar-refractivity contribution < 1.29 is 14.3 Å². The van der Waals surface area contributed by atoms with Crippen LogP contribution in [-0.2, 0) is 9.53 Å². The normalized spacial score (nSPS) is 10.3. The van der Waals surface area contributed by atoms with Crippen molar-refractivity contribution in [2.75, 3.05) is 24.4 Å². The Kier molecular flexibility index (Phi) is 5.86. The van der Waals surface area contributed by atoms with E-state index in [1.807, 2.05) is 30.3 Å². The molecule has 0 aliphatic rings. The molecule has 0 saturated carbocycles. The minimum atomic E-state index is -0.314. The maximum atomic E-state index is 12.3. The first kappa shape index (κ1) is 18.2. The Morgan fingerprint density at radius 1 is 0.889 bits per heavy atom. The van der Waals surface area contributed by atoms with Crippen molar-refractivity contribution in [1.29, 1.82) is 0 Å². The van der Waals surface area contributed by atoms with Crippen molar-refractivity contribution in [1.82, 2.24) is 9.97 Å². The molecule has 0 radical (unpaired) electrons. The van der Waals surface area contributed by atoms with E-state index in [0.717, 1.165) is 5.56 Å². The summed E-state index contributed by atoms with van der Waals surface area (Å²) in [5, 5.41) is 5.45. The molecule has 2 amide bonds. The van der Waals surface area contributed by atoms with E-state index in [9.17, 15) is 9.59 Å². The largest absolute Gasteiger partial charge is 0.375 e. The maximum absolute atomic E-state index is 12.3. The van der Waals surface area contributed by atoms with E-state index >= 15 is 0 Å². The molecule has 1 aromatic heterocycles. The van der Waals surface area contributed by atoms with Crippen LogP contribution in [0.1, 0.15) is 10.4 Å². The lowest BCUT2D eigenvalue weighted by Crippen LogP contribution is -2.17. The molecule has 3 rings (SSSR count). The molecule has 0 aliphatic carbocycles. The predicted molar refractivity (Wildman–Crippen MR) is 102 cm³/mol. The highest BCUT2D eigenvalue weighted by atomic mass is 16.5. The van der Waals surface area contributed by atoms with Gasteiger partial charge in [0.05, 0.1) is 5.56 Å². The molecule has 7 nitrogen and oxygen atoms in total. The lowest BCUT2D eigenvalue weighted by atomic mass is 10.2. The highest BCUT2D eigenvalue weighted by Gasteiger charge is 2.09. The summed E-state index contributed by atoms with van der Waals surface area (Å²) in [6, 6.07) is 16.3. The molecular weight excluding hydrogens is 344 g/mol. The fraction of sp³-hybridized carbons (Fsp3) is 0.100. The molecule has 136 valence electrons. The number of carbonyl (C=O) groups excluding carboxylic acids is 2. The van der Waals surface area contributed by atoms with Gasteiger partial charge in [-0.25, -0.2) is 9.97 Å². The number of rotatable bonds is 6. The average Bonchev–Trinajstić information content (AvgIpc) is 2.70. The first-order chi connectivity index (χ1) is 13.2. The molecule has 1 heterocycles. The van der Waals surface area contributed by atoms with Gasteiger partial charge in [-0.3, -0.25) is 9.59 Å². The van der Waals surface area contributed by atoms with Crippen LogP contribution in [0.15, 0.2) is 67.0 Å². The van der Waals surface area contributed by atoms with Gasteiger partial charge in [0.1, 0.15) is 6.61 Å². The molecule has 27 heavy (non-hydrogen) atoms. The van der Waals surface area contributed by atoms with Crippen molar-refractivity contribution in [2.24, 2.45) is 0 Å². The Balaban J connectivity index is 1.62.